The smallest absolute Gasteiger partial charge is 0.141 e. The van der Waals surface area contributed by atoms with Crippen LogP contribution in [-0.4, -0.2) is 18.6 Å². The molecule has 2 aromatic heterocycles. The van der Waals surface area contributed by atoms with Crippen molar-refractivity contribution in [2.75, 3.05) is 13.7 Å². The van der Waals surface area contributed by atoms with Crippen molar-refractivity contribution in [3.05, 3.63) is 45.4 Å². The molecule has 1 unspecified atom stereocenters. The molecule has 0 saturated carbocycles. The largest absolute Gasteiger partial charge is 0.495 e. The van der Waals surface area contributed by atoms with E-state index in [0.29, 0.717) is 0 Å². The number of nitrogens with one attached hydrogen (secondary N) is 1. The van der Waals surface area contributed by atoms with Crippen LogP contribution in [-0.2, 0) is 6.42 Å². The first-order valence-corrected chi connectivity index (χ1v) is 7.39. The number of rotatable bonds is 6. The number of thiophene rings is 1. The van der Waals surface area contributed by atoms with Gasteiger partial charge in [-0.05, 0) is 24.7 Å². The van der Waals surface area contributed by atoms with E-state index in [4.69, 9.17) is 16.3 Å². The number of pyridine rings is 1. The van der Waals surface area contributed by atoms with Crippen molar-refractivity contribution in [2.45, 2.75) is 19.4 Å². The summed E-state index contributed by atoms with van der Waals surface area (Å²) in [4.78, 5) is 5.36. The standard InChI is InChI=1S/C14H17ClN2OS/c1-3-17-12(8-10-4-5-14(15)19-10)11-6-7-16-9-13(11)18-2/h4-7,9,12,17H,3,8H2,1-2H3. The highest BCUT2D eigenvalue weighted by atomic mass is 35.5. The lowest BCUT2D eigenvalue weighted by Gasteiger charge is -2.19. The van der Waals surface area contributed by atoms with Gasteiger partial charge in [-0.25, -0.2) is 0 Å². The Bertz CT molecular complexity index is 530. The summed E-state index contributed by atoms with van der Waals surface area (Å²) in [5, 5.41) is 3.49. The zero-order chi connectivity index (χ0) is 13.7. The fourth-order valence-corrected chi connectivity index (χ4v) is 3.18. The van der Waals surface area contributed by atoms with Crippen molar-refractivity contribution in [3.63, 3.8) is 0 Å². The van der Waals surface area contributed by atoms with Gasteiger partial charge in [-0.1, -0.05) is 18.5 Å². The molecule has 0 aliphatic heterocycles. The van der Waals surface area contributed by atoms with Gasteiger partial charge in [-0.2, -0.15) is 0 Å². The van der Waals surface area contributed by atoms with Gasteiger partial charge in [0.15, 0.2) is 0 Å². The molecular formula is C14H17ClN2OS. The number of likely N-dealkylation sites (N-methyl/N-ethyl adjacent to an activating group) is 1. The Labute approximate surface area is 122 Å². The molecule has 3 nitrogen and oxygen atoms in total. The van der Waals surface area contributed by atoms with Crippen LogP contribution >= 0.6 is 22.9 Å². The molecule has 19 heavy (non-hydrogen) atoms. The van der Waals surface area contributed by atoms with E-state index in [2.05, 4.69) is 23.3 Å². The summed E-state index contributed by atoms with van der Waals surface area (Å²) in [6, 6.07) is 6.22. The van der Waals surface area contributed by atoms with Crippen molar-refractivity contribution in [3.8, 4) is 5.75 Å². The van der Waals surface area contributed by atoms with Crippen LogP contribution in [0, 0.1) is 0 Å². The van der Waals surface area contributed by atoms with Crippen LogP contribution in [0.1, 0.15) is 23.4 Å². The van der Waals surface area contributed by atoms with Gasteiger partial charge in [0, 0.05) is 29.1 Å². The van der Waals surface area contributed by atoms with Crippen LogP contribution in [0.25, 0.3) is 0 Å². The van der Waals surface area contributed by atoms with Crippen molar-refractivity contribution < 1.29 is 4.74 Å². The normalized spacial score (nSPS) is 12.4. The number of ether oxygens (including phenoxy) is 1. The van der Waals surface area contributed by atoms with Gasteiger partial charge in [0.1, 0.15) is 5.75 Å². The lowest BCUT2D eigenvalue weighted by Crippen LogP contribution is -2.23. The molecular weight excluding hydrogens is 280 g/mol. The Morgan fingerprint density at radius 2 is 2.26 bits per heavy atom. The lowest BCUT2D eigenvalue weighted by atomic mass is 10.0. The molecule has 0 aliphatic rings. The Kier molecular flexibility index (Phi) is 5.19. The molecule has 2 aromatic rings. The Balaban J connectivity index is 2.23. The SMILES string of the molecule is CCNC(Cc1ccc(Cl)s1)c1ccncc1OC. The minimum atomic E-state index is 0.206. The summed E-state index contributed by atoms with van der Waals surface area (Å²) in [5.74, 6) is 0.816. The zero-order valence-corrected chi connectivity index (χ0v) is 12.6. The van der Waals surface area contributed by atoms with Gasteiger partial charge in [0.2, 0.25) is 0 Å². The van der Waals surface area contributed by atoms with E-state index >= 15 is 0 Å². The monoisotopic (exact) mass is 296 g/mol. The van der Waals surface area contributed by atoms with Crippen molar-refractivity contribution in [1.29, 1.82) is 0 Å². The van der Waals surface area contributed by atoms with Crippen LogP contribution < -0.4 is 10.1 Å². The van der Waals surface area contributed by atoms with Crippen LogP contribution in [0.5, 0.6) is 5.75 Å². The van der Waals surface area contributed by atoms with Crippen molar-refractivity contribution in [1.82, 2.24) is 10.3 Å². The van der Waals surface area contributed by atoms with Gasteiger partial charge in [-0.15, -0.1) is 11.3 Å². The second-order valence-electron chi connectivity index (χ2n) is 4.14. The predicted molar refractivity (Wildman–Crippen MR) is 80.2 cm³/mol. The molecule has 0 amide bonds. The van der Waals surface area contributed by atoms with Crippen LogP contribution in [0.2, 0.25) is 4.34 Å². The lowest BCUT2D eigenvalue weighted by molar-refractivity contribution is 0.397. The minimum absolute atomic E-state index is 0.206. The zero-order valence-electron chi connectivity index (χ0n) is 11.0. The fourth-order valence-electron chi connectivity index (χ4n) is 2.05. The molecule has 2 heterocycles. The van der Waals surface area contributed by atoms with Crippen LogP contribution in [0.4, 0.5) is 0 Å². The first kappa shape index (κ1) is 14.3. The Hall–Kier alpha value is -1.10. The summed E-state index contributed by atoms with van der Waals surface area (Å²) < 4.78 is 6.22. The second-order valence-corrected chi connectivity index (χ2v) is 5.94. The van der Waals surface area contributed by atoms with Crippen molar-refractivity contribution >= 4 is 22.9 Å². The van der Waals surface area contributed by atoms with E-state index in [9.17, 15) is 0 Å². The fraction of sp³-hybridized carbons (Fsp3) is 0.357. The Morgan fingerprint density at radius 1 is 1.42 bits per heavy atom. The van der Waals surface area contributed by atoms with Crippen LogP contribution in [0.3, 0.4) is 0 Å². The molecule has 0 aliphatic carbocycles. The maximum Gasteiger partial charge on any atom is 0.141 e. The third-order valence-electron chi connectivity index (χ3n) is 2.90. The molecule has 0 spiro atoms. The van der Waals surface area contributed by atoms with Crippen molar-refractivity contribution in [2.24, 2.45) is 0 Å². The van der Waals surface area contributed by atoms with Gasteiger partial charge in [0.25, 0.3) is 0 Å². The molecule has 0 bridgehead atoms. The summed E-state index contributed by atoms with van der Waals surface area (Å²) in [6.45, 7) is 3.00. The molecule has 1 atom stereocenters. The minimum Gasteiger partial charge on any atom is -0.495 e. The topological polar surface area (TPSA) is 34.2 Å². The van der Waals surface area contributed by atoms with Crippen LogP contribution in [0.15, 0.2) is 30.6 Å². The third kappa shape index (κ3) is 3.69. The van der Waals surface area contributed by atoms with E-state index in [1.807, 2.05) is 12.1 Å². The summed E-state index contributed by atoms with van der Waals surface area (Å²) in [6.07, 6.45) is 4.44. The summed E-state index contributed by atoms with van der Waals surface area (Å²) in [7, 11) is 1.67. The maximum atomic E-state index is 5.99. The third-order valence-corrected chi connectivity index (χ3v) is 4.15. The number of nitrogens with zero attached hydrogens (tertiary/aromatic N) is 1. The summed E-state index contributed by atoms with van der Waals surface area (Å²) in [5.41, 5.74) is 1.13. The average molecular weight is 297 g/mol. The van der Waals surface area contributed by atoms with E-state index in [0.717, 1.165) is 28.6 Å². The molecule has 5 heteroatoms. The van der Waals surface area contributed by atoms with Gasteiger partial charge in [0.05, 0.1) is 17.6 Å². The predicted octanol–water partition coefficient (Wildman–Crippen LogP) is 3.70. The highest BCUT2D eigenvalue weighted by molar-refractivity contribution is 7.16. The highest BCUT2D eigenvalue weighted by Gasteiger charge is 2.16. The molecule has 0 aromatic carbocycles. The van der Waals surface area contributed by atoms with Gasteiger partial charge < -0.3 is 10.1 Å². The van der Waals surface area contributed by atoms with E-state index < -0.39 is 0 Å². The summed E-state index contributed by atoms with van der Waals surface area (Å²) >= 11 is 7.61. The quantitative estimate of drug-likeness (QED) is 0.882. The molecule has 2 rings (SSSR count). The number of hydrogen-bond donors (Lipinski definition) is 1. The number of methoxy groups -OCH3 is 1. The number of aromatic nitrogens is 1. The van der Waals surface area contributed by atoms with Gasteiger partial charge >= 0.3 is 0 Å². The number of hydrogen-bond acceptors (Lipinski definition) is 4. The van der Waals surface area contributed by atoms with Gasteiger partial charge in [-0.3, -0.25) is 4.98 Å². The molecule has 1 N–H and O–H groups in total. The molecule has 0 radical (unpaired) electrons. The van der Waals surface area contributed by atoms with E-state index in [1.54, 1.807) is 30.8 Å². The number of halogens is 1. The second kappa shape index (κ2) is 6.89. The Morgan fingerprint density at radius 3 is 2.89 bits per heavy atom. The molecule has 0 saturated heterocycles. The first-order valence-electron chi connectivity index (χ1n) is 6.20. The van der Waals surface area contributed by atoms with E-state index in [1.165, 1.54) is 4.88 Å². The molecule has 102 valence electrons. The first-order chi connectivity index (χ1) is 9.24. The molecule has 0 fully saturated rings. The average Bonchev–Trinajstić information content (AvgIpc) is 2.84. The highest BCUT2D eigenvalue weighted by Crippen LogP contribution is 2.30. The van der Waals surface area contributed by atoms with E-state index in [-0.39, 0.29) is 6.04 Å². The maximum absolute atomic E-state index is 5.99.